The summed E-state index contributed by atoms with van der Waals surface area (Å²) in [6.45, 7) is 1.14. The smallest absolute Gasteiger partial charge is 0.327 e. The number of anilines is 1. The Morgan fingerprint density at radius 3 is 2.86 bits per heavy atom. The van der Waals surface area contributed by atoms with Gasteiger partial charge in [0.05, 0.1) is 28.5 Å². The molecule has 2 N–H and O–H groups in total. The molecule has 29 heavy (non-hydrogen) atoms. The SMILES string of the molecule is COc1cc(N(CC2CCCC2)C(=O)NC2=NCC(SCC(=O)O)S2)ccc1Br. The lowest BCUT2D eigenvalue weighted by atomic mass is 10.1. The van der Waals surface area contributed by atoms with E-state index in [1.54, 1.807) is 12.0 Å². The number of carboxylic acid groups (broad SMARTS) is 1. The van der Waals surface area contributed by atoms with Gasteiger partial charge in [-0.15, -0.1) is 11.8 Å². The topological polar surface area (TPSA) is 91.2 Å². The quantitative estimate of drug-likeness (QED) is 0.574. The minimum absolute atomic E-state index is 0.0115. The average Bonchev–Trinajstić information content (AvgIpc) is 3.37. The first-order valence-corrected chi connectivity index (χ1v) is 12.1. The van der Waals surface area contributed by atoms with Gasteiger partial charge in [0, 0.05) is 18.3 Å². The highest BCUT2D eigenvalue weighted by Crippen LogP contribution is 2.33. The number of amidine groups is 1. The predicted octanol–water partition coefficient (Wildman–Crippen LogP) is 4.41. The average molecular weight is 502 g/mol. The van der Waals surface area contributed by atoms with Gasteiger partial charge in [0.1, 0.15) is 5.75 Å². The van der Waals surface area contributed by atoms with Crippen LogP contribution in [0.2, 0.25) is 0 Å². The van der Waals surface area contributed by atoms with Crippen molar-refractivity contribution in [1.29, 1.82) is 0 Å². The summed E-state index contributed by atoms with van der Waals surface area (Å²) < 4.78 is 6.24. The molecule has 1 aromatic carbocycles. The number of carboxylic acids is 1. The normalized spacial score (nSPS) is 19.1. The number of hydrogen-bond acceptors (Lipinski definition) is 6. The van der Waals surface area contributed by atoms with Crippen molar-refractivity contribution in [2.75, 3.05) is 30.9 Å². The summed E-state index contributed by atoms with van der Waals surface area (Å²) in [7, 11) is 1.60. The van der Waals surface area contributed by atoms with Gasteiger partial charge in [0.15, 0.2) is 5.17 Å². The van der Waals surface area contributed by atoms with Crippen molar-refractivity contribution in [3.63, 3.8) is 0 Å². The maximum atomic E-state index is 13.1. The van der Waals surface area contributed by atoms with E-state index in [0.717, 1.165) is 23.0 Å². The molecule has 1 unspecified atom stereocenters. The summed E-state index contributed by atoms with van der Waals surface area (Å²) in [5.41, 5.74) is 0.773. The summed E-state index contributed by atoms with van der Waals surface area (Å²) in [6, 6.07) is 5.41. The Bertz CT molecular complexity index is 787. The minimum atomic E-state index is -0.847. The number of aliphatic carboxylic acids is 1. The number of ether oxygens (including phenoxy) is 1. The Morgan fingerprint density at radius 1 is 1.41 bits per heavy atom. The number of rotatable bonds is 7. The standard InChI is InChI=1S/C19H24BrN3O4S2/c1-27-15-8-13(6-7-14(15)20)23(10-12-4-2-3-5-12)19(26)22-18-21-9-17(29-18)28-11-16(24)25/h6-8,12,17H,2-5,9-11H2,1H3,(H,24,25)(H,21,22,26). The molecule has 1 aromatic rings. The van der Waals surface area contributed by atoms with Crippen LogP contribution in [-0.2, 0) is 4.79 Å². The molecule has 0 aromatic heterocycles. The van der Waals surface area contributed by atoms with E-state index in [2.05, 4.69) is 26.2 Å². The molecule has 2 aliphatic rings. The zero-order chi connectivity index (χ0) is 20.8. The molecule has 1 aliphatic carbocycles. The van der Waals surface area contributed by atoms with Crippen LogP contribution in [0, 0.1) is 5.92 Å². The number of thioether (sulfide) groups is 2. The van der Waals surface area contributed by atoms with Crippen molar-refractivity contribution in [2.24, 2.45) is 10.9 Å². The van der Waals surface area contributed by atoms with Gasteiger partial charge in [-0.05, 0) is 46.8 Å². The fourth-order valence-electron chi connectivity index (χ4n) is 3.41. The van der Waals surface area contributed by atoms with E-state index in [1.165, 1.54) is 36.4 Å². The molecule has 7 nitrogen and oxygen atoms in total. The van der Waals surface area contributed by atoms with Crippen LogP contribution in [0.15, 0.2) is 27.7 Å². The minimum Gasteiger partial charge on any atom is -0.495 e. The zero-order valence-electron chi connectivity index (χ0n) is 16.1. The van der Waals surface area contributed by atoms with Crippen LogP contribution in [-0.4, -0.2) is 52.8 Å². The van der Waals surface area contributed by atoms with Crippen molar-refractivity contribution in [1.82, 2.24) is 5.32 Å². The summed E-state index contributed by atoms with van der Waals surface area (Å²) in [5, 5.41) is 12.3. The number of nitrogens with one attached hydrogen (secondary N) is 1. The number of carbonyl (C=O) groups is 2. The molecule has 0 saturated heterocycles. The lowest BCUT2D eigenvalue weighted by Crippen LogP contribution is -2.44. The largest absolute Gasteiger partial charge is 0.495 e. The van der Waals surface area contributed by atoms with Crippen LogP contribution < -0.4 is 15.0 Å². The molecule has 1 aliphatic heterocycles. The molecule has 0 radical (unpaired) electrons. The fraction of sp³-hybridized carbons (Fsp3) is 0.526. The van der Waals surface area contributed by atoms with Gasteiger partial charge in [0.2, 0.25) is 0 Å². The van der Waals surface area contributed by atoms with Crippen molar-refractivity contribution >= 4 is 62.3 Å². The number of methoxy groups -OCH3 is 1. The van der Waals surface area contributed by atoms with Gasteiger partial charge in [-0.3, -0.25) is 20.0 Å². The number of urea groups is 1. The third-order valence-corrected chi connectivity index (χ3v) is 7.99. The Balaban J connectivity index is 1.69. The first-order valence-electron chi connectivity index (χ1n) is 9.43. The van der Waals surface area contributed by atoms with Gasteiger partial charge >= 0.3 is 12.0 Å². The van der Waals surface area contributed by atoms with Gasteiger partial charge in [-0.2, -0.15) is 0 Å². The van der Waals surface area contributed by atoms with Crippen molar-refractivity contribution < 1.29 is 19.4 Å². The molecule has 0 spiro atoms. The molecule has 3 rings (SSSR count). The number of hydrogen-bond donors (Lipinski definition) is 2. The maximum Gasteiger partial charge on any atom is 0.327 e. The Hall–Kier alpha value is -1.39. The third kappa shape index (κ3) is 6.29. The summed E-state index contributed by atoms with van der Waals surface area (Å²) in [6.07, 6.45) is 4.66. The molecule has 1 atom stereocenters. The lowest BCUT2D eigenvalue weighted by molar-refractivity contribution is -0.133. The first kappa shape index (κ1) is 22.3. The Labute approximate surface area is 187 Å². The second-order valence-corrected chi connectivity index (χ2v) is 10.4. The monoisotopic (exact) mass is 501 g/mol. The molecular weight excluding hydrogens is 478 g/mol. The van der Waals surface area contributed by atoms with E-state index in [1.807, 2.05) is 18.2 Å². The van der Waals surface area contributed by atoms with Crippen LogP contribution in [0.25, 0.3) is 0 Å². The molecule has 1 saturated carbocycles. The van der Waals surface area contributed by atoms with E-state index < -0.39 is 5.97 Å². The summed E-state index contributed by atoms with van der Waals surface area (Å²) in [5.74, 6) is 0.331. The van der Waals surface area contributed by atoms with Crippen LogP contribution in [0.5, 0.6) is 5.75 Å². The highest BCUT2D eigenvalue weighted by Gasteiger charge is 2.27. The van der Waals surface area contributed by atoms with E-state index >= 15 is 0 Å². The van der Waals surface area contributed by atoms with Gasteiger partial charge in [0.25, 0.3) is 0 Å². The number of benzene rings is 1. The number of aliphatic imine (C=N–C) groups is 1. The number of carbonyl (C=O) groups excluding carboxylic acids is 1. The fourth-order valence-corrected chi connectivity index (χ4v) is 5.77. The summed E-state index contributed by atoms with van der Waals surface area (Å²) >= 11 is 6.18. The van der Waals surface area contributed by atoms with Gasteiger partial charge in [-0.1, -0.05) is 24.6 Å². The number of halogens is 1. The molecule has 2 amide bonds. The summed E-state index contributed by atoms with van der Waals surface area (Å²) in [4.78, 5) is 30.0. The van der Waals surface area contributed by atoms with E-state index in [9.17, 15) is 9.59 Å². The number of amides is 2. The molecule has 1 fully saturated rings. The third-order valence-electron chi connectivity index (χ3n) is 4.84. The highest BCUT2D eigenvalue weighted by atomic mass is 79.9. The van der Waals surface area contributed by atoms with E-state index in [4.69, 9.17) is 9.84 Å². The van der Waals surface area contributed by atoms with E-state index in [-0.39, 0.29) is 16.4 Å². The molecular formula is C19H24BrN3O4S2. The van der Waals surface area contributed by atoms with Gasteiger partial charge in [-0.25, -0.2) is 4.79 Å². The van der Waals surface area contributed by atoms with Crippen LogP contribution in [0.1, 0.15) is 25.7 Å². The number of nitrogens with zero attached hydrogens (tertiary/aromatic N) is 2. The van der Waals surface area contributed by atoms with Crippen molar-refractivity contribution in [2.45, 2.75) is 30.3 Å². The zero-order valence-corrected chi connectivity index (χ0v) is 19.3. The molecule has 0 bridgehead atoms. The highest BCUT2D eigenvalue weighted by molar-refractivity contribution is 9.10. The van der Waals surface area contributed by atoms with Crippen molar-refractivity contribution in [3.05, 3.63) is 22.7 Å². The first-order chi connectivity index (χ1) is 14.0. The second-order valence-electron chi connectivity index (χ2n) is 6.91. The molecule has 158 valence electrons. The predicted molar refractivity (Wildman–Crippen MR) is 122 cm³/mol. The van der Waals surface area contributed by atoms with Gasteiger partial charge < -0.3 is 9.84 Å². The Kier molecular flexibility index (Phi) is 8.14. The maximum absolute atomic E-state index is 13.1. The second kappa shape index (κ2) is 10.6. The molecule has 10 heteroatoms. The van der Waals surface area contributed by atoms with E-state index in [0.29, 0.717) is 29.9 Å². The van der Waals surface area contributed by atoms with Crippen LogP contribution >= 0.6 is 39.5 Å². The lowest BCUT2D eigenvalue weighted by Gasteiger charge is -2.26. The Morgan fingerprint density at radius 2 is 2.17 bits per heavy atom. The van der Waals surface area contributed by atoms with Crippen LogP contribution in [0.4, 0.5) is 10.5 Å². The molecule has 1 heterocycles. The van der Waals surface area contributed by atoms with Crippen molar-refractivity contribution in [3.8, 4) is 5.75 Å². The van der Waals surface area contributed by atoms with Crippen LogP contribution in [0.3, 0.4) is 0 Å².